The molecule has 4 fully saturated rings. The average molecular weight is 1010 g/mol. The summed E-state index contributed by atoms with van der Waals surface area (Å²) in [5.41, 5.74) is 2.47. The molecule has 3 aromatic carbocycles. The van der Waals surface area contributed by atoms with Crippen LogP contribution < -0.4 is 0 Å². The number of carbonyl (C=O) groups excluding carboxylic acids is 2. The Kier molecular flexibility index (Phi) is 20.1. The highest BCUT2D eigenvalue weighted by Gasteiger charge is 2.41. The van der Waals surface area contributed by atoms with Crippen molar-refractivity contribution in [1.82, 2.24) is 4.90 Å². The zero-order valence-corrected chi connectivity index (χ0v) is 42.2. The minimum atomic E-state index is -0.887. The summed E-state index contributed by atoms with van der Waals surface area (Å²) in [6.45, 7) is 4.05. The number of benzene rings is 3. The van der Waals surface area contributed by atoms with Crippen LogP contribution in [0, 0.1) is 0 Å². The van der Waals surface area contributed by atoms with E-state index < -0.39 is 55.3 Å². The Morgan fingerprint density at radius 3 is 1.78 bits per heavy atom. The van der Waals surface area contributed by atoms with E-state index in [2.05, 4.69) is 0 Å². The first-order valence-electron chi connectivity index (χ1n) is 26.4. The molecular weight excluding hydrogens is 939 g/mol. The molecule has 5 heterocycles. The van der Waals surface area contributed by atoms with Crippen LogP contribution in [0.1, 0.15) is 155 Å². The number of amides is 2. The van der Waals surface area contributed by atoms with E-state index in [0.29, 0.717) is 118 Å². The van der Waals surface area contributed by atoms with E-state index in [1.807, 2.05) is 44.2 Å². The van der Waals surface area contributed by atoms with Gasteiger partial charge in [0.05, 0.1) is 85.8 Å². The Hall–Kier alpha value is -4.56. The van der Waals surface area contributed by atoms with Gasteiger partial charge in [-0.1, -0.05) is 66.8 Å². The molecule has 16 heteroatoms. The third-order valence-corrected chi connectivity index (χ3v) is 14.5. The topological polar surface area (TPSA) is 212 Å². The number of carbonyl (C=O) groups is 2. The first-order valence-corrected chi connectivity index (χ1v) is 26.4. The van der Waals surface area contributed by atoms with Crippen molar-refractivity contribution in [2.24, 2.45) is 0 Å². The van der Waals surface area contributed by atoms with E-state index in [1.54, 1.807) is 60.7 Å². The van der Waals surface area contributed by atoms with Crippen molar-refractivity contribution in [3.63, 3.8) is 0 Å². The molecule has 73 heavy (non-hydrogen) atoms. The number of rotatable bonds is 23. The molecule has 13 atom stereocenters. The largest absolute Gasteiger partial charge is 0.507 e. The van der Waals surface area contributed by atoms with E-state index in [1.165, 1.54) is 4.90 Å². The quantitative estimate of drug-likeness (QED) is 0.0445. The molecule has 0 radical (unpaired) electrons. The fraction of sp³-hybridized carbons (Fsp3) is 0.579. The monoisotopic (exact) mass is 1010 g/mol. The van der Waals surface area contributed by atoms with Gasteiger partial charge in [0.15, 0.2) is 25.2 Å². The molecule has 398 valence electrons. The first kappa shape index (κ1) is 54.7. The highest BCUT2D eigenvalue weighted by molar-refractivity contribution is 6.21. The number of aliphatic hydroxyl groups excluding tert-OH is 3. The van der Waals surface area contributed by atoms with Gasteiger partial charge >= 0.3 is 0 Å². The third-order valence-electron chi connectivity index (χ3n) is 14.5. The van der Waals surface area contributed by atoms with Crippen LogP contribution >= 0.6 is 0 Å². The molecule has 4 saturated heterocycles. The van der Waals surface area contributed by atoms with Gasteiger partial charge < -0.3 is 63.4 Å². The number of aliphatic hydroxyl groups is 3. The summed E-state index contributed by atoms with van der Waals surface area (Å²) in [5, 5.41) is 53.7. The van der Waals surface area contributed by atoms with Crippen molar-refractivity contribution in [2.45, 2.75) is 190 Å². The van der Waals surface area contributed by atoms with Crippen LogP contribution in [0.3, 0.4) is 0 Å². The lowest BCUT2D eigenvalue weighted by molar-refractivity contribution is -0.252. The molecule has 0 spiro atoms. The Balaban J connectivity index is 0.836. The number of fused-ring (bicyclic) bond motifs is 1. The van der Waals surface area contributed by atoms with E-state index in [9.17, 15) is 35.1 Å². The van der Waals surface area contributed by atoms with Crippen molar-refractivity contribution in [3.05, 3.63) is 119 Å². The molecule has 5 aliphatic rings. The lowest BCUT2D eigenvalue weighted by atomic mass is 9.95. The van der Waals surface area contributed by atoms with Crippen LogP contribution in [0.25, 0.3) is 0 Å². The summed E-state index contributed by atoms with van der Waals surface area (Å²) in [7, 11) is 0. The molecule has 16 nitrogen and oxygen atoms in total. The normalized spacial score (nSPS) is 29.9. The van der Waals surface area contributed by atoms with Gasteiger partial charge in [0.25, 0.3) is 11.8 Å². The maximum absolute atomic E-state index is 13.4. The molecule has 0 aromatic heterocycles. The minimum Gasteiger partial charge on any atom is -0.507 e. The predicted molar refractivity (Wildman–Crippen MR) is 268 cm³/mol. The number of nitrogens with zero attached hydrogens (tertiary/aromatic N) is 1. The number of ether oxygens (including phenoxy) is 8. The smallest absolute Gasteiger partial charge is 0.261 e. The Morgan fingerprint density at radius 2 is 1.16 bits per heavy atom. The fourth-order valence-electron chi connectivity index (χ4n) is 10.7. The van der Waals surface area contributed by atoms with E-state index in [-0.39, 0.29) is 61.3 Å². The second-order valence-corrected chi connectivity index (χ2v) is 20.2. The van der Waals surface area contributed by atoms with Crippen LogP contribution in [-0.4, -0.2) is 130 Å². The minimum absolute atomic E-state index is 0.0702. The number of aromatic hydroxyl groups is 2. The second kappa shape index (κ2) is 26.8. The van der Waals surface area contributed by atoms with Crippen LogP contribution in [0.2, 0.25) is 0 Å². The standard InChI is InChI=1S/C57H75NO15/c1-3-4-14-37(35-59)55-70-42(17-11-15-38(60)30-44-27-28-66-56(72-44)48-23-7-9-25-50(48)62)32-43(71-55)18-12-16-39(61)31-45-33-41(68-52(69-45)34-58-53(64)46-21-5-6-22-47(46)54(58)65)20-13-19-40-29-36(2)67-57(73-40)49-24-8-10-26-51(49)63/h3-10,14,21-26,36,38-45,52,55-57,59-63H,11-13,15-20,27-35H2,1-2H3/b4-3-,37-14+. The summed E-state index contributed by atoms with van der Waals surface area (Å²) in [4.78, 5) is 28.0. The SMILES string of the molecule is C/C=C\C=C(/CO)C1OC(CCCC(O)CC2CC(CCCC3CC(C)OC(c4ccccc4O)O3)OC(CN3C(=O)c4ccccc4C3=O)O2)CC(CCCC(O)CC2CCOC(c3ccccc3O)O2)O1. The van der Waals surface area contributed by atoms with Crippen molar-refractivity contribution in [1.29, 1.82) is 0 Å². The molecule has 8 rings (SSSR count). The third kappa shape index (κ3) is 15.1. The zero-order chi connectivity index (χ0) is 51.3. The van der Waals surface area contributed by atoms with Gasteiger partial charge in [0.1, 0.15) is 11.5 Å². The highest BCUT2D eigenvalue weighted by Crippen LogP contribution is 2.38. The molecule has 0 saturated carbocycles. The van der Waals surface area contributed by atoms with Crippen molar-refractivity contribution in [2.75, 3.05) is 19.8 Å². The van der Waals surface area contributed by atoms with E-state index >= 15 is 0 Å². The lowest BCUT2D eigenvalue weighted by Crippen LogP contribution is -2.47. The van der Waals surface area contributed by atoms with Gasteiger partial charge in [0.2, 0.25) is 0 Å². The maximum atomic E-state index is 13.4. The summed E-state index contributed by atoms with van der Waals surface area (Å²) in [6.07, 6.45) is 8.89. The molecule has 13 unspecified atom stereocenters. The Morgan fingerprint density at radius 1 is 0.644 bits per heavy atom. The predicted octanol–water partition coefficient (Wildman–Crippen LogP) is 8.60. The number of phenols is 2. The average Bonchev–Trinajstić information content (AvgIpc) is 3.61. The molecular formula is C57H75NO15. The summed E-state index contributed by atoms with van der Waals surface area (Å²) in [6, 6.07) is 20.7. The number of imide groups is 1. The maximum Gasteiger partial charge on any atom is 0.261 e. The number of para-hydroxylation sites is 2. The van der Waals surface area contributed by atoms with Gasteiger partial charge in [-0.05, 0) is 122 Å². The van der Waals surface area contributed by atoms with Gasteiger partial charge in [-0.3, -0.25) is 14.5 Å². The zero-order valence-electron chi connectivity index (χ0n) is 42.2. The van der Waals surface area contributed by atoms with Gasteiger partial charge in [-0.15, -0.1) is 0 Å². The summed E-state index contributed by atoms with van der Waals surface area (Å²) in [5.74, 6) is -0.549. The van der Waals surface area contributed by atoms with Crippen LogP contribution in [0.4, 0.5) is 0 Å². The molecule has 2 amide bonds. The second-order valence-electron chi connectivity index (χ2n) is 20.2. The number of allylic oxidation sites excluding steroid dienone is 3. The van der Waals surface area contributed by atoms with Crippen LogP contribution in [0.5, 0.6) is 11.5 Å². The first-order chi connectivity index (χ1) is 35.4. The molecule has 0 bridgehead atoms. The summed E-state index contributed by atoms with van der Waals surface area (Å²) >= 11 is 0. The number of hydrogen-bond donors (Lipinski definition) is 5. The highest BCUT2D eigenvalue weighted by atomic mass is 16.7. The number of hydrogen-bond acceptors (Lipinski definition) is 15. The van der Waals surface area contributed by atoms with Crippen molar-refractivity contribution >= 4 is 11.8 Å². The number of phenolic OH excluding ortho intramolecular Hbond substituents is 2. The Bertz CT molecular complexity index is 2270. The Labute approximate surface area is 428 Å². The summed E-state index contributed by atoms with van der Waals surface area (Å²) < 4.78 is 50.1. The fourth-order valence-corrected chi connectivity index (χ4v) is 10.7. The van der Waals surface area contributed by atoms with Crippen LogP contribution in [0.15, 0.2) is 96.6 Å². The van der Waals surface area contributed by atoms with Gasteiger partial charge in [0, 0.05) is 29.5 Å². The molecule has 5 aliphatic heterocycles. The molecule has 3 aromatic rings. The van der Waals surface area contributed by atoms with Crippen molar-refractivity contribution < 1.29 is 73.0 Å². The lowest BCUT2D eigenvalue weighted by Gasteiger charge is -2.38. The molecule has 5 N–H and O–H groups in total. The van der Waals surface area contributed by atoms with E-state index in [0.717, 1.165) is 12.8 Å². The van der Waals surface area contributed by atoms with Gasteiger partial charge in [-0.2, -0.15) is 0 Å². The van der Waals surface area contributed by atoms with E-state index in [4.69, 9.17) is 37.9 Å². The van der Waals surface area contributed by atoms with Gasteiger partial charge in [-0.25, -0.2) is 0 Å². The molecule has 0 aliphatic carbocycles. The van der Waals surface area contributed by atoms with Crippen molar-refractivity contribution in [3.8, 4) is 11.5 Å². The van der Waals surface area contributed by atoms with Crippen LogP contribution in [-0.2, 0) is 37.9 Å².